The largest absolute Gasteiger partial charge is 0.378 e. The molecule has 1 saturated carbocycles. The van der Waals surface area contributed by atoms with Crippen LogP contribution in [0, 0.1) is 0 Å². The van der Waals surface area contributed by atoms with Gasteiger partial charge in [-0.1, -0.05) is 18.2 Å². The predicted octanol–water partition coefficient (Wildman–Crippen LogP) is 3.74. The lowest BCUT2D eigenvalue weighted by Gasteiger charge is -2.28. The molecular formula is C31H31N9O2. The van der Waals surface area contributed by atoms with Crippen molar-refractivity contribution in [2.24, 2.45) is 5.73 Å². The molecule has 5 N–H and O–H groups in total. The third-order valence-corrected chi connectivity index (χ3v) is 7.84. The van der Waals surface area contributed by atoms with Gasteiger partial charge in [0.15, 0.2) is 5.82 Å². The monoisotopic (exact) mass is 561 g/mol. The molecule has 11 nitrogen and oxygen atoms in total. The normalized spacial score (nSPS) is 15.2. The fraction of sp³-hybridized carbons (Fsp3) is 0.258. The molecule has 1 saturated heterocycles. The van der Waals surface area contributed by atoms with Crippen molar-refractivity contribution < 1.29 is 4.74 Å². The summed E-state index contributed by atoms with van der Waals surface area (Å²) in [5, 5.41) is 9.20. The summed E-state index contributed by atoms with van der Waals surface area (Å²) in [4.78, 5) is 29.2. The van der Waals surface area contributed by atoms with Gasteiger partial charge >= 0.3 is 0 Å². The molecule has 0 amide bonds. The molecule has 11 heteroatoms. The van der Waals surface area contributed by atoms with Crippen molar-refractivity contribution >= 4 is 34.0 Å². The van der Waals surface area contributed by atoms with Gasteiger partial charge in [-0.25, -0.2) is 0 Å². The first-order valence-electron chi connectivity index (χ1n) is 14.1. The van der Waals surface area contributed by atoms with Crippen LogP contribution in [-0.2, 0) is 11.3 Å². The van der Waals surface area contributed by atoms with Crippen LogP contribution in [-0.4, -0.2) is 51.0 Å². The number of benzene rings is 3. The zero-order valence-corrected chi connectivity index (χ0v) is 23.0. The molecule has 1 aliphatic heterocycles. The minimum atomic E-state index is -0.209. The van der Waals surface area contributed by atoms with Gasteiger partial charge in [0.05, 0.1) is 30.5 Å². The Labute approximate surface area is 242 Å². The number of hydrogen-bond acceptors (Lipinski definition) is 10. The van der Waals surface area contributed by atoms with Crippen molar-refractivity contribution in [3.63, 3.8) is 0 Å². The standard InChI is InChI=1S/C31H31N9O2/c32-17-26-25(2-1-3-27(26)40-29(41)24-11-6-20(19-4-5-19)16-21(24)18-34-40)28-36-30(33)38-31(37-28)35-22-7-9-23(10-8-22)39-12-14-42-15-13-39/h1-3,6-11,16,18-19H,4-5,12-15,17,32H2,(H3,33,35,36,37,38). The molecule has 2 fully saturated rings. The zero-order valence-electron chi connectivity index (χ0n) is 23.0. The second-order valence-corrected chi connectivity index (χ2v) is 10.6. The molecule has 3 heterocycles. The molecule has 0 atom stereocenters. The van der Waals surface area contributed by atoms with E-state index in [0.717, 1.165) is 43.1 Å². The molecule has 0 spiro atoms. The number of anilines is 4. The Morgan fingerprint density at radius 2 is 1.79 bits per heavy atom. The molecule has 2 aliphatic rings. The van der Waals surface area contributed by atoms with Gasteiger partial charge < -0.3 is 26.4 Å². The van der Waals surface area contributed by atoms with E-state index in [0.29, 0.717) is 39.9 Å². The molecule has 3 aromatic carbocycles. The van der Waals surface area contributed by atoms with Crippen LogP contribution >= 0.6 is 0 Å². The van der Waals surface area contributed by atoms with Crippen molar-refractivity contribution in [3.8, 4) is 17.1 Å². The summed E-state index contributed by atoms with van der Waals surface area (Å²) in [5.74, 6) is 1.31. The van der Waals surface area contributed by atoms with Gasteiger partial charge in [0.1, 0.15) is 0 Å². The maximum Gasteiger partial charge on any atom is 0.279 e. The molecular weight excluding hydrogens is 530 g/mol. The molecule has 0 bridgehead atoms. The number of nitrogens with two attached hydrogens (primary N) is 2. The minimum Gasteiger partial charge on any atom is -0.378 e. The highest BCUT2D eigenvalue weighted by molar-refractivity contribution is 5.82. The third-order valence-electron chi connectivity index (χ3n) is 7.84. The lowest BCUT2D eigenvalue weighted by Crippen LogP contribution is -2.36. The topological polar surface area (TPSA) is 150 Å². The van der Waals surface area contributed by atoms with E-state index in [1.165, 1.54) is 23.1 Å². The highest BCUT2D eigenvalue weighted by atomic mass is 16.5. The van der Waals surface area contributed by atoms with Crippen molar-refractivity contribution in [1.82, 2.24) is 24.7 Å². The fourth-order valence-electron chi connectivity index (χ4n) is 5.48. The van der Waals surface area contributed by atoms with Crippen molar-refractivity contribution in [1.29, 1.82) is 0 Å². The van der Waals surface area contributed by atoms with Gasteiger partial charge in [0, 0.05) is 47.5 Å². The summed E-state index contributed by atoms with van der Waals surface area (Å²) in [6, 6.07) is 19.6. The van der Waals surface area contributed by atoms with E-state index < -0.39 is 0 Å². The van der Waals surface area contributed by atoms with E-state index in [-0.39, 0.29) is 18.1 Å². The quantitative estimate of drug-likeness (QED) is 0.268. The Bertz CT molecular complexity index is 1830. The number of ether oxygens (including phenoxy) is 1. The summed E-state index contributed by atoms with van der Waals surface area (Å²) < 4.78 is 6.84. The number of fused-ring (bicyclic) bond motifs is 1. The van der Waals surface area contributed by atoms with Crippen LogP contribution in [0.3, 0.4) is 0 Å². The third kappa shape index (κ3) is 5.04. The first-order chi connectivity index (χ1) is 20.6. The second-order valence-electron chi connectivity index (χ2n) is 10.6. The Kier molecular flexibility index (Phi) is 6.73. The van der Waals surface area contributed by atoms with E-state index in [2.05, 4.69) is 48.5 Å². The van der Waals surface area contributed by atoms with Gasteiger partial charge in [0.25, 0.3) is 5.56 Å². The maximum absolute atomic E-state index is 13.6. The highest BCUT2D eigenvalue weighted by Gasteiger charge is 2.24. The average Bonchev–Trinajstić information content (AvgIpc) is 3.87. The summed E-state index contributed by atoms with van der Waals surface area (Å²) in [6.07, 6.45) is 4.13. The smallest absolute Gasteiger partial charge is 0.279 e. The average molecular weight is 562 g/mol. The number of nitrogen functional groups attached to an aromatic ring is 1. The van der Waals surface area contributed by atoms with Crippen molar-refractivity contribution in [2.45, 2.75) is 25.3 Å². The lowest BCUT2D eigenvalue weighted by molar-refractivity contribution is 0.122. The Morgan fingerprint density at radius 3 is 2.55 bits per heavy atom. The van der Waals surface area contributed by atoms with E-state index in [4.69, 9.17) is 16.2 Å². The Morgan fingerprint density at radius 1 is 0.976 bits per heavy atom. The summed E-state index contributed by atoms with van der Waals surface area (Å²) in [6.45, 7) is 3.32. The van der Waals surface area contributed by atoms with Gasteiger partial charge in [0.2, 0.25) is 11.9 Å². The molecule has 0 radical (unpaired) electrons. The zero-order chi connectivity index (χ0) is 28.6. The first kappa shape index (κ1) is 26.1. The molecule has 7 rings (SSSR count). The van der Waals surface area contributed by atoms with Crippen LogP contribution < -0.4 is 27.2 Å². The summed E-state index contributed by atoms with van der Waals surface area (Å²) >= 11 is 0. The number of rotatable bonds is 7. The number of aromatic nitrogens is 5. The summed E-state index contributed by atoms with van der Waals surface area (Å²) in [5.41, 5.74) is 17.3. The molecule has 5 aromatic rings. The van der Waals surface area contributed by atoms with Gasteiger partial charge in [-0.3, -0.25) is 4.79 Å². The van der Waals surface area contributed by atoms with Crippen LogP contribution in [0.15, 0.2) is 71.7 Å². The SMILES string of the molecule is NCc1c(-c2nc(N)nc(Nc3ccc(N4CCOCC4)cc3)n2)cccc1-n1ncc2cc(C3CC3)ccc2c1=O. The number of nitrogens with one attached hydrogen (secondary N) is 1. The van der Waals surface area contributed by atoms with Crippen LogP contribution in [0.1, 0.15) is 29.9 Å². The molecule has 1 aliphatic carbocycles. The van der Waals surface area contributed by atoms with E-state index >= 15 is 0 Å². The highest BCUT2D eigenvalue weighted by Crippen LogP contribution is 2.40. The molecule has 42 heavy (non-hydrogen) atoms. The fourth-order valence-corrected chi connectivity index (χ4v) is 5.48. The maximum atomic E-state index is 13.6. The number of nitrogens with zero attached hydrogens (tertiary/aromatic N) is 6. The molecule has 0 unspecified atom stereocenters. The van der Waals surface area contributed by atoms with Gasteiger partial charge in [-0.2, -0.15) is 24.7 Å². The Balaban J connectivity index is 1.21. The van der Waals surface area contributed by atoms with Gasteiger partial charge in [-0.05, 0) is 66.8 Å². The predicted molar refractivity (Wildman–Crippen MR) is 163 cm³/mol. The molecule has 2 aromatic heterocycles. The van der Waals surface area contributed by atoms with Crippen molar-refractivity contribution in [3.05, 3.63) is 88.3 Å². The van der Waals surface area contributed by atoms with E-state index in [1.54, 1.807) is 6.20 Å². The van der Waals surface area contributed by atoms with Crippen LogP contribution in [0.2, 0.25) is 0 Å². The summed E-state index contributed by atoms with van der Waals surface area (Å²) in [7, 11) is 0. The minimum absolute atomic E-state index is 0.0632. The van der Waals surface area contributed by atoms with E-state index in [9.17, 15) is 4.79 Å². The van der Waals surface area contributed by atoms with Crippen LogP contribution in [0.4, 0.5) is 23.3 Å². The first-order valence-corrected chi connectivity index (χ1v) is 14.1. The Hall–Kier alpha value is -4.87. The number of hydrogen-bond donors (Lipinski definition) is 3. The lowest BCUT2D eigenvalue weighted by atomic mass is 10.0. The second kappa shape index (κ2) is 10.8. The van der Waals surface area contributed by atoms with Crippen molar-refractivity contribution in [2.75, 3.05) is 42.3 Å². The molecule has 212 valence electrons. The van der Waals surface area contributed by atoms with Gasteiger partial charge in [-0.15, -0.1) is 0 Å². The van der Waals surface area contributed by atoms with Crippen LogP contribution in [0.5, 0.6) is 0 Å². The number of morpholine rings is 1. The van der Waals surface area contributed by atoms with Crippen LogP contribution in [0.25, 0.3) is 27.8 Å². The van der Waals surface area contributed by atoms with E-state index in [1.807, 2.05) is 42.5 Å².